The number of hydrogen-bond acceptors (Lipinski definition) is 1. The maximum atomic E-state index is 5.95. The molecule has 3 heteroatoms. The largest absolute Gasteiger partial charge is 0.310 e. The Morgan fingerprint density at radius 1 is 1.05 bits per heavy atom. The molecule has 2 rings (SSSR count). The van der Waals surface area contributed by atoms with E-state index in [1.807, 2.05) is 12.1 Å². The van der Waals surface area contributed by atoms with Crippen LogP contribution in [0.25, 0.3) is 0 Å². The monoisotopic (exact) mass is 337 g/mol. The summed E-state index contributed by atoms with van der Waals surface area (Å²) in [5.41, 5.74) is 2.60. The average Bonchev–Trinajstić information content (AvgIpc) is 2.42. The first kappa shape index (κ1) is 14.6. The van der Waals surface area contributed by atoms with Crippen molar-refractivity contribution in [2.45, 2.75) is 19.4 Å². The summed E-state index contributed by atoms with van der Waals surface area (Å²) in [7, 11) is 0. The molecule has 0 aliphatic heterocycles. The van der Waals surface area contributed by atoms with Crippen molar-refractivity contribution in [3.63, 3.8) is 0 Å². The minimum absolute atomic E-state index is 0.323. The predicted octanol–water partition coefficient (Wildman–Crippen LogP) is 5.00. The fourth-order valence-corrected chi connectivity index (χ4v) is 2.50. The van der Waals surface area contributed by atoms with Crippen molar-refractivity contribution in [1.29, 1.82) is 0 Å². The summed E-state index contributed by atoms with van der Waals surface area (Å²) in [6.07, 6.45) is 0.975. The normalized spacial score (nSPS) is 12.4. The molecular weight excluding hydrogens is 322 g/mol. The Labute approximate surface area is 128 Å². The van der Waals surface area contributed by atoms with Gasteiger partial charge in [0.15, 0.2) is 0 Å². The number of rotatable bonds is 5. The van der Waals surface area contributed by atoms with Crippen LogP contribution < -0.4 is 5.32 Å². The topological polar surface area (TPSA) is 12.0 Å². The van der Waals surface area contributed by atoms with E-state index in [0.717, 1.165) is 22.5 Å². The summed E-state index contributed by atoms with van der Waals surface area (Å²) >= 11 is 9.41. The number of nitrogens with one attached hydrogen (secondary N) is 1. The quantitative estimate of drug-likeness (QED) is 0.809. The van der Waals surface area contributed by atoms with Crippen LogP contribution in [-0.4, -0.2) is 6.54 Å². The second-order valence-corrected chi connectivity index (χ2v) is 5.84. The molecule has 19 heavy (non-hydrogen) atoms. The van der Waals surface area contributed by atoms with Crippen molar-refractivity contribution in [3.8, 4) is 0 Å². The van der Waals surface area contributed by atoms with Crippen molar-refractivity contribution in [1.82, 2.24) is 5.32 Å². The van der Waals surface area contributed by atoms with Gasteiger partial charge in [0.05, 0.1) is 0 Å². The van der Waals surface area contributed by atoms with E-state index in [1.54, 1.807) is 0 Å². The van der Waals surface area contributed by atoms with Gasteiger partial charge >= 0.3 is 0 Å². The lowest BCUT2D eigenvalue weighted by molar-refractivity contribution is 0.550. The molecule has 0 bridgehead atoms. The van der Waals surface area contributed by atoms with Crippen molar-refractivity contribution < 1.29 is 0 Å². The zero-order valence-electron chi connectivity index (χ0n) is 10.9. The molecule has 0 aromatic heterocycles. The number of hydrogen-bond donors (Lipinski definition) is 1. The minimum Gasteiger partial charge on any atom is -0.310 e. The number of halogens is 2. The molecule has 0 saturated carbocycles. The molecule has 0 spiro atoms. The fraction of sp³-hybridized carbons (Fsp3) is 0.250. The third kappa shape index (κ3) is 4.34. The van der Waals surface area contributed by atoms with Gasteiger partial charge in [-0.15, -0.1) is 0 Å². The zero-order chi connectivity index (χ0) is 13.7. The molecule has 0 heterocycles. The van der Waals surface area contributed by atoms with Crippen LogP contribution in [0.4, 0.5) is 0 Å². The minimum atomic E-state index is 0.323. The predicted molar refractivity (Wildman–Crippen MR) is 85.7 cm³/mol. The summed E-state index contributed by atoms with van der Waals surface area (Å²) in [4.78, 5) is 0. The first-order valence-electron chi connectivity index (χ1n) is 6.42. The molecule has 0 saturated heterocycles. The van der Waals surface area contributed by atoms with Crippen molar-refractivity contribution in [2.75, 3.05) is 6.54 Å². The van der Waals surface area contributed by atoms with E-state index < -0.39 is 0 Å². The lowest BCUT2D eigenvalue weighted by atomic mass is 9.99. The molecule has 1 atom stereocenters. The SMILES string of the molecule is CCNC(Cc1ccc(Br)cc1)c1ccc(Cl)cc1. The van der Waals surface area contributed by atoms with Gasteiger partial charge in [-0.2, -0.15) is 0 Å². The smallest absolute Gasteiger partial charge is 0.0406 e. The Hall–Kier alpha value is -0.830. The highest BCUT2D eigenvalue weighted by Crippen LogP contribution is 2.21. The van der Waals surface area contributed by atoms with Crippen LogP contribution in [0.1, 0.15) is 24.1 Å². The van der Waals surface area contributed by atoms with E-state index in [4.69, 9.17) is 11.6 Å². The van der Waals surface area contributed by atoms with E-state index in [-0.39, 0.29) is 0 Å². The molecule has 1 nitrogen and oxygen atoms in total. The molecule has 0 radical (unpaired) electrons. The van der Waals surface area contributed by atoms with Crippen molar-refractivity contribution >= 4 is 27.5 Å². The number of benzene rings is 2. The lowest BCUT2D eigenvalue weighted by Gasteiger charge is -2.18. The lowest BCUT2D eigenvalue weighted by Crippen LogP contribution is -2.22. The summed E-state index contributed by atoms with van der Waals surface area (Å²) in [5, 5.41) is 4.31. The molecule has 0 fully saturated rings. The summed E-state index contributed by atoms with van der Waals surface area (Å²) in [6, 6.07) is 16.9. The average molecular weight is 339 g/mol. The van der Waals surface area contributed by atoms with Crippen LogP contribution in [-0.2, 0) is 6.42 Å². The Balaban J connectivity index is 2.15. The van der Waals surface area contributed by atoms with Crippen LogP contribution in [0.3, 0.4) is 0 Å². The van der Waals surface area contributed by atoms with E-state index in [9.17, 15) is 0 Å². The van der Waals surface area contributed by atoms with Gasteiger partial charge in [0.25, 0.3) is 0 Å². The van der Waals surface area contributed by atoms with Gasteiger partial charge in [0, 0.05) is 15.5 Å². The molecule has 0 amide bonds. The zero-order valence-corrected chi connectivity index (χ0v) is 13.2. The summed E-state index contributed by atoms with van der Waals surface area (Å²) in [6.45, 7) is 3.08. The maximum Gasteiger partial charge on any atom is 0.0406 e. The second kappa shape index (κ2) is 7.09. The second-order valence-electron chi connectivity index (χ2n) is 4.49. The van der Waals surface area contributed by atoms with E-state index in [1.165, 1.54) is 11.1 Å². The molecule has 0 aliphatic carbocycles. The molecule has 100 valence electrons. The summed E-state index contributed by atoms with van der Waals surface area (Å²) in [5.74, 6) is 0. The van der Waals surface area contributed by atoms with Crippen molar-refractivity contribution in [3.05, 3.63) is 69.2 Å². The van der Waals surface area contributed by atoms with Gasteiger partial charge in [0.2, 0.25) is 0 Å². The molecule has 2 aromatic rings. The van der Waals surface area contributed by atoms with Gasteiger partial charge < -0.3 is 5.32 Å². The highest BCUT2D eigenvalue weighted by atomic mass is 79.9. The van der Waals surface area contributed by atoms with Crippen LogP contribution in [0, 0.1) is 0 Å². The number of likely N-dealkylation sites (N-methyl/N-ethyl adjacent to an activating group) is 1. The fourth-order valence-electron chi connectivity index (χ4n) is 2.11. The molecule has 2 aromatic carbocycles. The molecular formula is C16H17BrClN. The molecule has 0 aliphatic rings. The first-order chi connectivity index (χ1) is 9.19. The summed E-state index contributed by atoms with van der Waals surface area (Å²) < 4.78 is 1.11. The maximum absolute atomic E-state index is 5.95. The van der Waals surface area contributed by atoms with E-state index >= 15 is 0 Å². The van der Waals surface area contributed by atoms with Gasteiger partial charge in [-0.05, 0) is 48.4 Å². The van der Waals surface area contributed by atoms with Crippen LogP contribution in [0.2, 0.25) is 5.02 Å². The standard InChI is InChI=1S/C16H17BrClN/c1-2-19-16(13-5-9-15(18)10-6-13)11-12-3-7-14(17)8-4-12/h3-10,16,19H,2,11H2,1H3. The Morgan fingerprint density at radius 3 is 2.26 bits per heavy atom. The Kier molecular flexibility index (Phi) is 5.44. The van der Waals surface area contributed by atoms with Crippen LogP contribution in [0.15, 0.2) is 53.0 Å². The van der Waals surface area contributed by atoms with Gasteiger partial charge in [-0.25, -0.2) is 0 Å². The third-order valence-electron chi connectivity index (χ3n) is 3.08. The van der Waals surface area contributed by atoms with Gasteiger partial charge in [-0.1, -0.05) is 58.7 Å². The van der Waals surface area contributed by atoms with Gasteiger partial charge in [-0.3, -0.25) is 0 Å². The first-order valence-corrected chi connectivity index (χ1v) is 7.59. The molecule has 1 N–H and O–H groups in total. The van der Waals surface area contributed by atoms with Crippen LogP contribution in [0.5, 0.6) is 0 Å². The third-order valence-corrected chi connectivity index (χ3v) is 3.86. The van der Waals surface area contributed by atoms with Crippen LogP contribution >= 0.6 is 27.5 Å². The van der Waals surface area contributed by atoms with Crippen molar-refractivity contribution in [2.24, 2.45) is 0 Å². The van der Waals surface area contributed by atoms with E-state index in [0.29, 0.717) is 6.04 Å². The molecule has 1 unspecified atom stereocenters. The highest BCUT2D eigenvalue weighted by molar-refractivity contribution is 9.10. The Morgan fingerprint density at radius 2 is 1.68 bits per heavy atom. The van der Waals surface area contributed by atoms with E-state index in [2.05, 4.69) is 64.6 Å². The highest BCUT2D eigenvalue weighted by Gasteiger charge is 2.10. The van der Waals surface area contributed by atoms with Gasteiger partial charge in [0.1, 0.15) is 0 Å². The Bertz CT molecular complexity index is 507.